The van der Waals surface area contributed by atoms with Crippen molar-refractivity contribution in [2.45, 2.75) is 24.9 Å². The Morgan fingerprint density at radius 3 is 2.79 bits per heavy atom. The maximum Gasteiger partial charge on any atom is 0.122 e. The van der Waals surface area contributed by atoms with E-state index in [9.17, 15) is 0 Å². The van der Waals surface area contributed by atoms with Crippen LogP contribution in [0.15, 0.2) is 22.8 Å². The molecule has 110 valence electrons. The molecule has 2 atom stereocenters. The molecule has 5 nitrogen and oxygen atoms in total. The summed E-state index contributed by atoms with van der Waals surface area (Å²) in [5.74, 6) is 0.979. The van der Waals surface area contributed by atoms with Gasteiger partial charge < -0.3 is 20.2 Å². The largest absolute Gasteiger partial charge is 0.468 e. The summed E-state index contributed by atoms with van der Waals surface area (Å²) in [6.45, 7) is 2.26. The minimum atomic E-state index is 0.229. The predicted molar refractivity (Wildman–Crippen MR) is 77.1 cm³/mol. The first-order chi connectivity index (χ1) is 9.19. The third-order valence-electron chi connectivity index (χ3n) is 3.22. The molecular formula is C14H27N3O2. The first-order valence-corrected chi connectivity index (χ1v) is 6.81. The van der Waals surface area contributed by atoms with E-state index >= 15 is 0 Å². The molecule has 1 heterocycles. The van der Waals surface area contributed by atoms with Gasteiger partial charge in [0.25, 0.3) is 0 Å². The highest BCUT2D eigenvalue weighted by Crippen LogP contribution is 2.17. The van der Waals surface area contributed by atoms with Crippen LogP contribution in [0.5, 0.6) is 0 Å². The van der Waals surface area contributed by atoms with Gasteiger partial charge in [0, 0.05) is 19.7 Å². The second-order valence-electron chi connectivity index (χ2n) is 4.99. The van der Waals surface area contributed by atoms with Gasteiger partial charge in [0.1, 0.15) is 5.76 Å². The van der Waals surface area contributed by atoms with Crippen LogP contribution in [0.25, 0.3) is 0 Å². The first-order valence-electron chi connectivity index (χ1n) is 6.81. The molecule has 5 heteroatoms. The van der Waals surface area contributed by atoms with Crippen LogP contribution in [0, 0.1) is 0 Å². The van der Waals surface area contributed by atoms with E-state index in [-0.39, 0.29) is 6.04 Å². The third kappa shape index (κ3) is 5.74. The molecule has 1 rings (SSSR count). The fourth-order valence-corrected chi connectivity index (χ4v) is 2.11. The van der Waals surface area contributed by atoms with E-state index in [2.05, 4.69) is 24.3 Å². The zero-order chi connectivity index (χ0) is 14.1. The quantitative estimate of drug-likeness (QED) is 0.669. The van der Waals surface area contributed by atoms with Crippen LogP contribution < -0.4 is 11.1 Å². The van der Waals surface area contributed by atoms with E-state index in [1.807, 2.05) is 12.1 Å². The molecule has 0 bridgehead atoms. The van der Waals surface area contributed by atoms with E-state index in [4.69, 9.17) is 14.9 Å². The normalized spacial score (nSPS) is 14.8. The van der Waals surface area contributed by atoms with Gasteiger partial charge in [0.2, 0.25) is 0 Å². The van der Waals surface area contributed by atoms with Gasteiger partial charge in [-0.3, -0.25) is 4.90 Å². The molecule has 1 aromatic rings. The molecule has 0 amide bonds. The Hall–Kier alpha value is -0.880. The van der Waals surface area contributed by atoms with Gasteiger partial charge in [-0.15, -0.1) is 0 Å². The van der Waals surface area contributed by atoms with Crippen molar-refractivity contribution in [3.8, 4) is 0 Å². The van der Waals surface area contributed by atoms with E-state index in [1.165, 1.54) is 0 Å². The molecule has 0 radical (unpaired) electrons. The number of methoxy groups -OCH3 is 1. The minimum Gasteiger partial charge on any atom is -0.468 e. The van der Waals surface area contributed by atoms with Crippen molar-refractivity contribution in [1.29, 1.82) is 0 Å². The van der Waals surface area contributed by atoms with E-state index in [0.717, 1.165) is 31.7 Å². The molecule has 0 aromatic carbocycles. The molecule has 19 heavy (non-hydrogen) atoms. The van der Waals surface area contributed by atoms with Crippen molar-refractivity contribution in [2.75, 3.05) is 40.9 Å². The second-order valence-corrected chi connectivity index (χ2v) is 4.99. The Morgan fingerprint density at radius 1 is 1.47 bits per heavy atom. The third-order valence-corrected chi connectivity index (χ3v) is 3.22. The van der Waals surface area contributed by atoms with Crippen LogP contribution in [0.4, 0.5) is 0 Å². The molecule has 0 aliphatic heterocycles. The molecular weight excluding hydrogens is 242 g/mol. The predicted octanol–water partition coefficient (Wildman–Crippen LogP) is 1.23. The fourth-order valence-electron chi connectivity index (χ4n) is 2.11. The number of hydrogen-bond donors (Lipinski definition) is 2. The van der Waals surface area contributed by atoms with Crippen molar-refractivity contribution in [1.82, 2.24) is 10.2 Å². The highest BCUT2D eigenvalue weighted by molar-refractivity contribution is 5.05. The van der Waals surface area contributed by atoms with Gasteiger partial charge in [-0.05, 0) is 45.6 Å². The molecule has 0 aliphatic rings. The molecule has 0 aliphatic carbocycles. The smallest absolute Gasteiger partial charge is 0.122 e. The van der Waals surface area contributed by atoms with Crippen LogP contribution in [0.1, 0.15) is 24.6 Å². The van der Waals surface area contributed by atoms with Gasteiger partial charge >= 0.3 is 0 Å². The number of rotatable bonds is 10. The molecule has 3 N–H and O–H groups in total. The number of furan rings is 1. The van der Waals surface area contributed by atoms with Crippen molar-refractivity contribution < 1.29 is 9.15 Å². The number of likely N-dealkylation sites (N-methyl/N-ethyl adjacent to an activating group) is 1. The minimum absolute atomic E-state index is 0.229. The lowest BCUT2D eigenvalue weighted by Gasteiger charge is -2.26. The van der Waals surface area contributed by atoms with Crippen LogP contribution >= 0.6 is 0 Å². The first kappa shape index (κ1) is 16.2. The van der Waals surface area contributed by atoms with Crippen molar-refractivity contribution >= 4 is 0 Å². The summed E-state index contributed by atoms with van der Waals surface area (Å²) < 4.78 is 10.7. The number of nitrogens with zero attached hydrogens (tertiary/aromatic N) is 1. The highest BCUT2D eigenvalue weighted by Gasteiger charge is 2.18. The molecule has 2 unspecified atom stereocenters. The molecule has 1 aromatic heterocycles. The summed E-state index contributed by atoms with van der Waals surface area (Å²) in [6, 6.07) is 4.50. The van der Waals surface area contributed by atoms with Crippen molar-refractivity contribution in [2.24, 2.45) is 5.73 Å². The summed E-state index contributed by atoms with van der Waals surface area (Å²) >= 11 is 0. The van der Waals surface area contributed by atoms with Crippen molar-refractivity contribution in [3.05, 3.63) is 24.2 Å². The van der Waals surface area contributed by atoms with Gasteiger partial charge in [0.05, 0.1) is 18.9 Å². The molecule has 0 saturated carbocycles. The monoisotopic (exact) mass is 269 g/mol. The average molecular weight is 269 g/mol. The van der Waals surface area contributed by atoms with Gasteiger partial charge in [0.15, 0.2) is 0 Å². The van der Waals surface area contributed by atoms with E-state index in [0.29, 0.717) is 12.6 Å². The topological polar surface area (TPSA) is 63.7 Å². The Labute approximate surface area is 116 Å². The van der Waals surface area contributed by atoms with Crippen LogP contribution in [0.3, 0.4) is 0 Å². The lowest BCUT2D eigenvalue weighted by molar-refractivity contribution is 0.153. The average Bonchev–Trinajstić information content (AvgIpc) is 2.89. The van der Waals surface area contributed by atoms with Crippen molar-refractivity contribution in [3.63, 3.8) is 0 Å². The Morgan fingerprint density at radius 2 is 2.26 bits per heavy atom. The highest BCUT2D eigenvalue weighted by atomic mass is 16.5. The Bertz CT molecular complexity index is 315. The van der Waals surface area contributed by atoms with Gasteiger partial charge in [-0.25, -0.2) is 0 Å². The maximum atomic E-state index is 5.56. The zero-order valence-electron chi connectivity index (χ0n) is 12.3. The van der Waals surface area contributed by atoms with Crippen LogP contribution in [0.2, 0.25) is 0 Å². The standard InChI is InChI=1S/C14H27N3O2/c1-17(2)13(14-7-5-9-19-14)10-16-12(11-18-3)6-4-8-15/h5,7,9,12-13,16H,4,6,8,10-11,15H2,1-3H3. The SMILES string of the molecule is COCC(CCCN)NCC(c1ccco1)N(C)C. The van der Waals surface area contributed by atoms with Crippen LogP contribution in [-0.4, -0.2) is 51.8 Å². The maximum absolute atomic E-state index is 5.56. The Kier molecular flexibility index (Phi) is 7.74. The molecule has 0 fully saturated rings. The number of nitrogens with one attached hydrogen (secondary N) is 1. The van der Waals surface area contributed by atoms with Crippen LogP contribution in [-0.2, 0) is 4.74 Å². The summed E-state index contributed by atoms with van der Waals surface area (Å²) in [6.07, 6.45) is 3.75. The number of nitrogens with two attached hydrogens (primary N) is 1. The molecule has 0 saturated heterocycles. The summed E-state index contributed by atoms with van der Waals surface area (Å²) in [5.41, 5.74) is 5.56. The summed E-state index contributed by atoms with van der Waals surface area (Å²) in [4.78, 5) is 2.15. The van der Waals surface area contributed by atoms with E-state index in [1.54, 1.807) is 13.4 Å². The summed E-state index contributed by atoms with van der Waals surface area (Å²) in [7, 11) is 5.84. The van der Waals surface area contributed by atoms with E-state index < -0.39 is 0 Å². The number of ether oxygens (including phenoxy) is 1. The molecule has 0 spiro atoms. The Balaban J connectivity index is 2.49. The lowest BCUT2D eigenvalue weighted by atomic mass is 10.1. The fraction of sp³-hybridized carbons (Fsp3) is 0.714. The zero-order valence-corrected chi connectivity index (χ0v) is 12.3. The summed E-state index contributed by atoms with van der Waals surface area (Å²) in [5, 5.41) is 3.54. The van der Waals surface area contributed by atoms with Gasteiger partial charge in [-0.1, -0.05) is 0 Å². The lowest BCUT2D eigenvalue weighted by Crippen LogP contribution is -2.39. The number of hydrogen-bond acceptors (Lipinski definition) is 5. The van der Waals surface area contributed by atoms with Gasteiger partial charge in [-0.2, -0.15) is 0 Å². The second kappa shape index (κ2) is 9.09.